The number of ether oxygens (including phenoxy) is 3. The molecular formula is C19H23N3O4. The van der Waals surface area contributed by atoms with E-state index in [4.69, 9.17) is 14.2 Å². The fraction of sp³-hybridized carbons (Fsp3) is 0.421. The smallest absolute Gasteiger partial charge is 0.316 e. The van der Waals surface area contributed by atoms with Crippen molar-refractivity contribution in [2.45, 2.75) is 18.9 Å². The number of rotatable bonds is 7. The lowest BCUT2D eigenvalue weighted by Gasteiger charge is -2.27. The Morgan fingerprint density at radius 3 is 2.62 bits per heavy atom. The Morgan fingerprint density at radius 2 is 1.92 bits per heavy atom. The molecule has 2 heterocycles. The molecule has 0 aliphatic carbocycles. The highest BCUT2D eigenvalue weighted by molar-refractivity contribution is 5.78. The maximum absolute atomic E-state index is 12.4. The summed E-state index contributed by atoms with van der Waals surface area (Å²) >= 11 is 0. The van der Waals surface area contributed by atoms with E-state index in [1.165, 1.54) is 5.56 Å². The molecule has 1 fully saturated rings. The minimum atomic E-state index is -0.510. The lowest BCUT2D eigenvalue weighted by molar-refractivity contribution is -0.134. The third kappa shape index (κ3) is 4.49. The average Bonchev–Trinajstić information content (AvgIpc) is 3.12. The van der Waals surface area contributed by atoms with Crippen LogP contribution in [0.15, 0.2) is 42.7 Å². The molecule has 0 radical (unpaired) electrons. The summed E-state index contributed by atoms with van der Waals surface area (Å²) in [4.78, 5) is 22.0. The van der Waals surface area contributed by atoms with Gasteiger partial charge < -0.3 is 19.1 Å². The van der Waals surface area contributed by atoms with Crippen molar-refractivity contribution in [3.63, 3.8) is 0 Å². The highest BCUT2D eigenvalue weighted by Crippen LogP contribution is 2.26. The van der Waals surface area contributed by atoms with Gasteiger partial charge in [-0.3, -0.25) is 4.79 Å². The quantitative estimate of drug-likeness (QED) is 0.753. The van der Waals surface area contributed by atoms with Crippen molar-refractivity contribution in [2.24, 2.45) is 0 Å². The predicted molar refractivity (Wildman–Crippen MR) is 95.1 cm³/mol. The van der Waals surface area contributed by atoms with Crippen LogP contribution in [0.1, 0.15) is 12.0 Å². The summed E-state index contributed by atoms with van der Waals surface area (Å²) in [6.45, 7) is 3.39. The molecule has 7 heteroatoms. The summed E-state index contributed by atoms with van der Waals surface area (Å²) < 4.78 is 16.9. The summed E-state index contributed by atoms with van der Waals surface area (Å²) in [5, 5.41) is 0. The van der Waals surface area contributed by atoms with E-state index in [0.717, 1.165) is 5.75 Å². The van der Waals surface area contributed by atoms with Crippen LogP contribution in [-0.4, -0.2) is 59.8 Å². The Balaban J connectivity index is 1.52. The van der Waals surface area contributed by atoms with Gasteiger partial charge >= 0.3 is 6.01 Å². The molecule has 1 amide bonds. The van der Waals surface area contributed by atoms with E-state index in [2.05, 4.69) is 9.97 Å². The number of aryl methyl sites for hydroxylation is 1. The van der Waals surface area contributed by atoms with Gasteiger partial charge in [0.05, 0.1) is 6.54 Å². The molecule has 1 aliphatic rings. The Morgan fingerprint density at radius 1 is 1.19 bits per heavy atom. The van der Waals surface area contributed by atoms with Gasteiger partial charge in [0.25, 0.3) is 5.91 Å². The van der Waals surface area contributed by atoms with Gasteiger partial charge in [0.2, 0.25) is 0 Å². The van der Waals surface area contributed by atoms with Crippen LogP contribution in [-0.2, 0) is 9.53 Å². The van der Waals surface area contributed by atoms with E-state index in [1.54, 1.807) is 30.5 Å². The Bertz CT molecular complexity index is 723. The molecule has 0 N–H and O–H groups in total. The molecule has 0 bridgehead atoms. The minimum absolute atomic E-state index is 0.0946. The molecule has 7 nitrogen and oxygen atoms in total. The van der Waals surface area contributed by atoms with E-state index in [9.17, 15) is 4.79 Å². The number of hydrogen-bond acceptors (Lipinski definition) is 6. The molecule has 1 saturated heterocycles. The number of likely N-dealkylation sites (tertiary alicyclic amines) is 1. The minimum Gasteiger partial charge on any atom is -0.491 e. The highest BCUT2D eigenvalue weighted by Gasteiger charge is 2.41. The van der Waals surface area contributed by atoms with Gasteiger partial charge in [-0.05, 0) is 31.5 Å². The first-order chi connectivity index (χ1) is 12.6. The van der Waals surface area contributed by atoms with Crippen LogP contribution in [0.5, 0.6) is 11.8 Å². The van der Waals surface area contributed by atoms with Crippen molar-refractivity contribution in [1.82, 2.24) is 14.9 Å². The van der Waals surface area contributed by atoms with Gasteiger partial charge in [0.15, 0.2) is 6.61 Å². The first-order valence-electron chi connectivity index (χ1n) is 8.52. The van der Waals surface area contributed by atoms with Crippen LogP contribution < -0.4 is 9.47 Å². The lowest BCUT2D eigenvalue weighted by atomic mass is 10.0. The largest absolute Gasteiger partial charge is 0.491 e. The van der Waals surface area contributed by atoms with E-state index in [0.29, 0.717) is 26.1 Å². The Kier molecular flexibility index (Phi) is 5.68. The van der Waals surface area contributed by atoms with Crippen LogP contribution >= 0.6 is 0 Å². The highest BCUT2D eigenvalue weighted by atomic mass is 16.5. The zero-order valence-corrected chi connectivity index (χ0v) is 15.1. The predicted octanol–water partition coefficient (Wildman–Crippen LogP) is 1.86. The molecule has 26 heavy (non-hydrogen) atoms. The van der Waals surface area contributed by atoms with Crippen molar-refractivity contribution >= 4 is 5.91 Å². The first-order valence-corrected chi connectivity index (χ1v) is 8.52. The SMILES string of the molecule is COC1(COc2ccc(C)cc2)CCN(C(=O)COc2ncccn2)C1. The monoisotopic (exact) mass is 357 g/mol. The summed E-state index contributed by atoms with van der Waals surface area (Å²) in [5.74, 6) is 0.674. The third-order valence-corrected chi connectivity index (χ3v) is 4.49. The average molecular weight is 357 g/mol. The second-order valence-corrected chi connectivity index (χ2v) is 6.37. The van der Waals surface area contributed by atoms with Crippen molar-refractivity contribution in [3.05, 3.63) is 48.3 Å². The van der Waals surface area contributed by atoms with Gasteiger partial charge in [0, 0.05) is 26.0 Å². The number of carbonyl (C=O) groups is 1. The number of carbonyl (C=O) groups excluding carboxylic acids is 1. The fourth-order valence-corrected chi connectivity index (χ4v) is 2.83. The molecule has 1 aromatic heterocycles. The van der Waals surface area contributed by atoms with Gasteiger partial charge in [-0.1, -0.05) is 17.7 Å². The van der Waals surface area contributed by atoms with Crippen LogP contribution in [0.4, 0.5) is 0 Å². The van der Waals surface area contributed by atoms with Crippen molar-refractivity contribution in [3.8, 4) is 11.8 Å². The first kappa shape index (κ1) is 18.1. The van der Waals surface area contributed by atoms with Crippen LogP contribution in [0.2, 0.25) is 0 Å². The van der Waals surface area contributed by atoms with E-state index in [-0.39, 0.29) is 18.5 Å². The number of amides is 1. The van der Waals surface area contributed by atoms with Gasteiger partial charge in [0.1, 0.15) is 18.0 Å². The van der Waals surface area contributed by atoms with Gasteiger partial charge in [-0.2, -0.15) is 0 Å². The molecule has 1 atom stereocenters. The van der Waals surface area contributed by atoms with E-state index in [1.807, 2.05) is 31.2 Å². The third-order valence-electron chi connectivity index (χ3n) is 4.49. The fourth-order valence-electron chi connectivity index (χ4n) is 2.83. The zero-order valence-electron chi connectivity index (χ0n) is 15.1. The van der Waals surface area contributed by atoms with E-state index >= 15 is 0 Å². The number of benzene rings is 1. The van der Waals surface area contributed by atoms with E-state index < -0.39 is 5.60 Å². The number of nitrogens with zero attached hydrogens (tertiary/aromatic N) is 3. The zero-order chi connectivity index (χ0) is 18.4. The Hall–Kier alpha value is -2.67. The topological polar surface area (TPSA) is 73.8 Å². The summed E-state index contributed by atoms with van der Waals surface area (Å²) in [5.41, 5.74) is 0.669. The number of methoxy groups -OCH3 is 1. The molecule has 1 aliphatic heterocycles. The van der Waals surface area contributed by atoms with Gasteiger partial charge in [-0.15, -0.1) is 0 Å². The lowest BCUT2D eigenvalue weighted by Crippen LogP contribution is -2.43. The summed E-state index contributed by atoms with van der Waals surface area (Å²) in [7, 11) is 1.65. The summed E-state index contributed by atoms with van der Waals surface area (Å²) in [6, 6.07) is 9.76. The molecular weight excluding hydrogens is 334 g/mol. The second kappa shape index (κ2) is 8.14. The second-order valence-electron chi connectivity index (χ2n) is 6.37. The molecule has 0 saturated carbocycles. The molecule has 1 aromatic carbocycles. The Labute approximate surface area is 152 Å². The van der Waals surface area contributed by atoms with Crippen LogP contribution in [0.25, 0.3) is 0 Å². The summed E-state index contributed by atoms with van der Waals surface area (Å²) in [6.07, 6.45) is 3.85. The maximum Gasteiger partial charge on any atom is 0.316 e. The molecule has 1 unspecified atom stereocenters. The van der Waals surface area contributed by atoms with Crippen molar-refractivity contribution < 1.29 is 19.0 Å². The van der Waals surface area contributed by atoms with Crippen LogP contribution in [0.3, 0.4) is 0 Å². The van der Waals surface area contributed by atoms with Gasteiger partial charge in [-0.25, -0.2) is 9.97 Å². The molecule has 138 valence electrons. The van der Waals surface area contributed by atoms with Crippen molar-refractivity contribution in [2.75, 3.05) is 33.4 Å². The van der Waals surface area contributed by atoms with Crippen molar-refractivity contribution in [1.29, 1.82) is 0 Å². The normalized spacial score (nSPS) is 19.4. The van der Waals surface area contributed by atoms with Crippen LogP contribution in [0, 0.1) is 6.92 Å². The number of aromatic nitrogens is 2. The molecule has 2 aromatic rings. The molecule has 3 rings (SSSR count). The standard InChI is InChI=1S/C19H23N3O4/c1-15-4-6-16(7-5-15)26-14-19(24-2)8-11-22(13-19)17(23)12-25-18-20-9-3-10-21-18/h3-7,9-10H,8,11-14H2,1-2H3. The number of hydrogen-bond donors (Lipinski definition) is 0. The molecule has 0 spiro atoms. The maximum atomic E-state index is 12.4.